The first kappa shape index (κ1) is 15.0. The molecular formula is C18H15N2P. The van der Waals surface area contributed by atoms with E-state index in [2.05, 4.69) is 36.4 Å². The van der Waals surface area contributed by atoms with Crippen LogP contribution in [0.15, 0.2) is 71.6 Å². The van der Waals surface area contributed by atoms with Crippen molar-refractivity contribution in [1.29, 1.82) is 10.5 Å². The fraction of sp³-hybridized carbons (Fsp3) is 0.111. The average molecular weight is 290 g/mol. The van der Waals surface area contributed by atoms with Crippen LogP contribution in [0.4, 0.5) is 0 Å². The van der Waals surface area contributed by atoms with Crippen LogP contribution in [0.25, 0.3) is 0 Å². The van der Waals surface area contributed by atoms with Gasteiger partial charge in [-0.05, 0) is 30.3 Å². The van der Waals surface area contributed by atoms with Crippen LogP contribution >= 0.6 is 7.92 Å². The standard InChI is InChI=1S/C18H15N2P/c1-2-18(15(13-19)14-20)21(16-9-5-3-6-10-16)17-11-7-4-8-12-17/h3-12H,2H2,1H3. The predicted molar refractivity (Wildman–Crippen MR) is 87.6 cm³/mol. The second-order valence-electron chi connectivity index (χ2n) is 4.41. The highest BCUT2D eigenvalue weighted by Gasteiger charge is 2.20. The van der Waals surface area contributed by atoms with Gasteiger partial charge in [-0.1, -0.05) is 67.6 Å². The van der Waals surface area contributed by atoms with E-state index in [0.29, 0.717) is 6.42 Å². The normalized spacial score (nSPS) is 9.71. The summed E-state index contributed by atoms with van der Waals surface area (Å²) in [6, 6.07) is 24.4. The smallest absolute Gasteiger partial charge is 0.133 e. The molecule has 2 nitrogen and oxygen atoms in total. The summed E-state index contributed by atoms with van der Waals surface area (Å²) in [6.07, 6.45) is 0.700. The quantitative estimate of drug-likeness (QED) is 0.634. The molecule has 0 atom stereocenters. The fourth-order valence-electron chi connectivity index (χ4n) is 2.22. The minimum atomic E-state index is -0.831. The van der Waals surface area contributed by atoms with E-state index < -0.39 is 7.92 Å². The maximum absolute atomic E-state index is 9.25. The Labute approximate surface area is 126 Å². The van der Waals surface area contributed by atoms with Crippen LogP contribution < -0.4 is 10.6 Å². The summed E-state index contributed by atoms with van der Waals surface area (Å²) in [5.74, 6) is 0. The predicted octanol–water partition coefficient (Wildman–Crippen LogP) is 3.83. The second kappa shape index (κ2) is 7.39. The van der Waals surface area contributed by atoms with E-state index in [4.69, 9.17) is 0 Å². The SMILES string of the molecule is CCC(=C(C#N)C#N)P(c1ccccc1)c1ccccc1. The topological polar surface area (TPSA) is 47.6 Å². The average Bonchev–Trinajstić information content (AvgIpc) is 2.56. The molecule has 0 fully saturated rings. The van der Waals surface area contributed by atoms with Crippen LogP contribution in [0.1, 0.15) is 13.3 Å². The van der Waals surface area contributed by atoms with Gasteiger partial charge in [0.15, 0.2) is 0 Å². The molecule has 0 bridgehead atoms. The van der Waals surface area contributed by atoms with Gasteiger partial charge in [0, 0.05) is 0 Å². The molecule has 3 heteroatoms. The number of allylic oxidation sites excluding steroid dienone is 2. The van der Waals surface area contributed by atoms with Crippen molar-refractivity contribution in [2.45, 2.75) is 13.3 Å². The van der Waals surface area contributed by atoms with Gasteiger partial charge in [0.1, 0.15) is 17.7 Å². The number of hydrogen-bond acceptors (Lipinski definition) is 2. The maximum atomic E-state index is 9.25. The molecule has 0 aromatic heterocycles. The molecule has 0 amide bonds. The third-order valence-electron chi connectivity index (χ3n) is 3.15. The van der Waals surface area contributed by atoms with Crippen molar-refractivity contribution < 1.29 is 0 Å². The zero-order valence-electron chi connectivity index (χ0n) is 11.8. The number of hydrogen-bond donors (Lipinski definition) is 0. The fourth-order valence-corrected chi connectivity index (χ4v) is 4.72. The molecule has 0 N–H and O–H groups in total. The summed E-state index contributed by atoms with van der Waals surface area (Å²) in [4.78, 5) is 0. The summed E-state index contributed by atoms with van der Waals surface area (Å²) < 4.78 is 0. The molecule has 0 aliphatic rings. The van der Waals surface area contributed by atoms with Crippen LogP contribution in [0.2, 0.25) is 0 Å². The van der Waals surface area contributed by atoms with Crippen LogP contribution in [0.3, 0.4) is 0 Å². The van der Waals surface area contributed by atoms with Crippen molar-refractivity contribution in [1.82, 2.24) is 0 Å². The summed E-state index contributed by atoms with van der Waals surface area (Å²) in [7, 11) is -0.831. The Kier molecular flexibility index (Phi) is 5.28. The first-order chi connectivity index (χ1) is 10.3. The highest BCUT2D eigenvalue weighted by molar-refractivity contribution is 7.76. The molecule has 0 saturated carbocycles. The molecule has 0 radical (unpaired) electrons. The van der Waals surface area contributed by atoms with Gasteiger partial charge in [0.25, 0.3) is 0 Å². The summed E-state index contributed by atoms with van der Waals surface area (Å²) in [5.41, 5.74) is 0.247. The van der Waals surface area contributed by atoms with Crippen molar-refractivity contribution in [3.63, 3.8) is 0 Å². The molecule has 0 saturated heterocycles. The van der Waals surface area contributed by atoms with E-state index in [0.717, 1.165) is 5.31 Å². The van der Waals surface area contributed by atoms with Crippen molar-refractivity contribution >= 4 is 18.5 Å². The lowest BCUT2D eigenvalue weighted by molar-refractivity contribution is 1.18. The Bertz CT molecular complexity index is 651. The van der Waals surface area contributed by atoms with E-state index in [-0.39, 0.29) is 5.57 Å². The Balaban J connectivity index is 2.66. The van der Waals surface area contributed by atoms with Gasteiger partial charge in [0.05, 0.1) is 0 Å². The Hall–Kier alpha value is -2.41. The molecule has 2 aromatic rings. The highest BCUT2D eigenvalue weighted by atomic mass is 31.1. The Morgan fingerprint density at radius 3 is 1.62 bits per heavy atom. The van der Waals surface area contributed by atoms with E-state index >= 15 is 0 Å². The van der Waals surface area contributed by atoms with E-state index in [1.807, 2.05) is 43.3 Å². The van der Waals surface area contributed by atoms with Crippen molar-refractivity contribution in [2.75, 3.05) is 0 Å². The number of nitriles is 2. The molecule has 0 aliphatic heterocycles. The Morgan fingerprint density at radius 2 is 1.29 bits per heavy atom. The van der Waals surface area contributed by atoms with Gasteiger partial charge in [-0.2, -0.15) is 10.5 Å². The van der Waals surface area contributed by atoms with Gasteiger partial charge in [-0.3, -0.25) is 0 Å². The molecule has 2 aromatic carbocycles. The third kappa shape index (κ3) is 3.38. The second-order valence-corrected chi connectivity index (χ2v) is 6.65. The van der Waals surface area contributed by atoms with Crippen molar-refractivity contribution in [3.05, 3.63) is 71.6 Å². The molecule has 2 rings (SSSR count). The molecule has 0 unspecified atom stereocenters. The van der Waals surface area contributed by atoms with E-state index in [1.165, 1.54) is 10.6 Å². The van der Waals surface area contributed by atoms with Crippen molar-refractivity contribution in [2.24, 2.45) is 0 Å². The van der Waals surface area contributed by atoms with Crippen molar-refractivity contribution in [3.8, 4) is 12.1 Å². The van der Waals surface area contributed by atoms with Gasteiger partial charge in [-0.15, -0.1) is 0 Å². The molecule has 0 spiro atoms. The molecule has 102 valence electrons. The van der Waals surface area contributed by atoms with Crippen LogP contribution in [-0.2, 0) is 0 Å². The zero-order valence-corrected chi connectivity index (χ0v) is 12.7. The van der Waals surface area contributed by atoms with Gasteiger partial charge >= 0.3 is 0 Å². The van der Waals surface area contributed by atoms with Gasteiger partial charge in [0.2, 0.25) is 0 Å². The summed E-state index contributed by atoms with van der Waals surface area (Å²) in [6.45, 7) is 2.01. The molecule has 0 aliphatic carbocycles. The summed E-state index contributed by atoms with van der Waals surface area (Å²) >= 11 is 0. The highest BCUT2D eigenvalue weighted by Crippen LogP contribution is 2.45. The van der Waals surface area contributed by atoms with Gasteiger partial charge < -0.3 is 0 Å². The maximum Gasteiger partial charge on any atom is 0.133 e. The van der Waals surface area contributed by atoms with Gasteiger partial charge in [-0.25, -0.2) is 0 Å². The lowest BCUT2D eigenvalue weighted by Gasteiger charge is -2.21. The minimum absolute atomic E-state index is 0.247. The van der Waals surface area contributed by atoms with E-state index in [1.54, 1.807) is 0 Å². The summed E-state index contributed by atoms with van der Waals surface area (Å²) in [5, 5.41) is 21.8. The zero-order chi connectivity index (χ0) is 15.1. The first-order valence-electron chi connectivity index (χ1n) is 6.75. The van der Waals surface area contributed by atoms with Crippen LogP contribution in [-0.4, -0.2) is 0 Å². The molecular weight excluding hydrogens is 275 g/mol. The minimum Gasteiger partial charge on any atom is -0.192 e. The largest absolute Gasteiger partial charge is 0.192 e. The van der Waals surface area contributed by atoms with E-state index in [9.17, 15) is 10.5 Å². The first-order valence-corrected chi connectivity index (χ1v) is 8.09. The Morgan fingerprint density at radius 1 is 0.857 bits per heavy atom. The lowest BCUT2D eigenvalue weighted by atomic mass is 10.2. The third-order valence-corrected chi connectivity index (χ3v) is 5.85. The number of rotatable bonds is 4. The number of nitrogens with zero attached hydrogens (tertiary/aromatic N) is 2. The van der Waals surface area contributed by atoms with Crippen LogP contribution in [0, 0.1) is 22.7 Å². The monoisotopic (exact) mass is 290 g/mol. The van der Waals surface area contributed by atoms with Crippen LogP contribution in [0.5, 0.6) is 0 Å². The molecule has 21 heavy (non-hydrogen) atoms. The lowest BCUT2D eigenvalue weighted by Crippen LogP contribution is -2.13. The number of benzene rings is 2. The molecule has 0 heterocycles.